The van der Waals surface area contributed by atoms with Crippen LogP contribution in [0.5, 0.6) is 0 Å². The lowest BCUT2D eigenvalue weighted by atomic mass is 9.33. The van der Waals surface area contributed by atoms with Crippen molar-refractivity contribution in [3.8, 4) is 0 Å². The average Bonchev–Trinajstić information content (AvgIpc) is 2.77. The molecule has 36 heavy (non-hydrogen) atoms. The molecule has 5 N–H and O–H groups in total. The van der Waals surface area contributed by atoms with Crippen LogP contribution < -0.4 is 0 Å². The van der Waals surface area contributed by atoms with E-state index in [4.69, 9.17) is 0 Å². The summed E-state index contributed by atoms with van der Waals surface area (Å²) >= 11 is 0. The van der Waals surface area contributed by atoms with Gasteiger partial charge in [0.25, 0.3) is 0 Å². The third-order valence-electron chi connectivity index (χ3n) is 13.0. The van der Waals surface area contributed by atoms with Gasteiger partial charge in [0.05, 0.1) is 30.3 Å². The second kappa shape index (κ2) is 7.80. The van der Waals surface area contributed by atoms with Gasteiger partial charge in [0, 0.05) is 11.3 Å². The van der Waals surface area contributed by atoms with Crippen LogP contribution in [-0.2, 0) is 4.79 Å². The number of fused-ring (bicyclic) bond motifs is 7. The maximum Gasteiger partial charge on any atom is 0.310 e. The van der Waals surface area contributed by atoms with Crippen molar-refractivity contribution in [2.45, 2.75) is 111 Å². The summed E-state index contributed by atoms with van der Waals surface area (Å²) in [7, 11) is 0. The topological polar surface area (TPSA) is 118 Å². The molecule has 0 aromatic carbocycles. The quantitative estimate of drug-likeness (QED) is 0.361. The molecule has 0 spiro atoms. The van der Waals surface area contributed by atoms with Crippen LogP contribution in [0.2, 0.25) is 0 Å². The molecule has 6 nitrogen and oxygen atoms in total. The Morgan fingerprint density at radius 1 is 0.917 bits per heavy atom. The zero-order valence-corrected chi connectivity index (χ0v) is 23.0. The Hall–Kier alpha value is -0.950. The van der Waals surface area contributed by atoms with Crippen molar-refractivity contribution < 1.29 is 30.3 Å². The standard InChI is InChI=1S/C30H48O6/c1-25(2)9-11-30(24(35)36)12-10-28(5)17(18(30)13-25)7-8-21-26(3)14-20(33)23(34)27(4,16-31)22(26)19(32)15-29(21,28)6/h7,18-23,31-34H,8-16H2,1-6H3,(H,35,36)/t18-,19+,20+,21?,22?,23-,26+,27-,28+,29+,30-/m1/s1. The van der Waals surface area contributed by atoms with Crippen molar-refractivity contribution in [3.63, 3.8) is 0 Å². The molecule has 0 aromatic heterocycles. The van der Waals surface area contributed by atoms with Crippen LogP contribution in [0.25, 0.3) is 0 Å². The van der Waals surface area contributed by atoms with E-state index < -0.39 is 40.5 Å². The Bertz CT molecular complexity index is 974. The van der Waals surface area contributed by atoms with Gasteiger partial charge in [0.2, 0.25) is 0 Å². The minimum Gasteiger partial charge on any atom is -0.481 e. The molecule has 2 unspecified atom stereocenters. The highest BCUT2D eigenvalue weighted by Gasteiger charge is 2.72. The van der Waals surface area contributed by atoms with Gasteiger partial charge in [-0.3, -0.25) is 4.79 Å². The number of carboxylic acid groups (broad SMARTS) is 1. The third-order valence-corrected chi connectivity index (χ3v) is 13.0. The van der Waals surface area contributed by atoms with Gasteiger partial charge in [-0.25, -0.2) is 0 Å². The first-order valence-electron chi connectivity index (χ1n) is 14.1. The van der Waals surface area contributed by atoms with Gasteiger partial charge in [0.1, 0.15) is 0 Å². The lowest BCUT2D eigenvalue weighted by molar-refractivity contribution is -0.273. The summed E-state index contributed by atoms with van der Waals surface area (Å²) in [6, 6.07) is 0. The summed E-state index contributed by atoms with van der Waals surface area (Å²) in [5.41, 5.74) is -1.32. The highest BCUT2D eigenvalue weighted by Crippen LogP contribution is 2.75. The second-order valence-corrected chi connectivity index (χ2v) is 15.2. The van der Waals surface area contributed by atoms with Crippen molar-refractivity contribution in [2.75, 3.05) is 6.61 Å². The number of carboxylic acids is 1. The summed E-state index contributed by atoms with van der Waals surface area (Å²) in [4.78, 5) is 12.8. The largest absolute Gasteiger partial charge is 0.481 e. The molecule has 4 saturated carbocycles. The number of rotatable bonds is 2. The highest BCUT2D eigenvalue weighted by atomic mass is 16.4. The first-order chi connectivity index (χ1) is 16.5. The van der Waals surface area contributed by atoms with Crippen LogP contribution in [0.3, 0.4) is 0 Å². The predicted molar refractivity (Wildman–Crippen MR) is 137 cm³/mol. The van der Waals surface area contributed by atoms with Crippen LogP contribution in [0.4, 0.5) is 0 Å². The summed E-state index contributed by atoms with van der Waals surface area (Å²) in [6.07, 6.45) is 5.27. The van der Waals surface area contributed by atoms with Gasteiger partial charge in [-0.05, 0) is 84.9 Å². The molecule has 5 rings (SSSR count). The van der Waals surface area contributed by atoms with Gasteiger partial charge >= 0.3 is 5.97 Å². The number of allylic oxidation sites excluding steroid dienone is 2. The van der Waals surface area contributed by atoms with Crippen LogP contribution in [-0.4, -0.2) is 56.4 Å². The zero-order valence-electron chi connectivity index (χ0n) is 23.0. The minimum atomic E-state index is -1.08. The van der Waals surface area contributed by atoms with Crippen LogP contribution in [0.1, 0.15) is 92.9 Å². The summed E-state index contributed by atoms with van der Waals surface area (Å²) in [5, 5.41) is 54.6. The first kappa shape index (κ1) is 26.6. The number of aliphatic hydroxyl groups excluding tert-OH is 4. The zero-order chi connectivity index (χ0) is 26.7. The van der Waals surface area contributed by atoms with Crippen molar-refractivity contribution >= 4 is 5.97 Å². The smallest absolute Gasteiger partial charge is 0.310 e. The van der Waals surface area contributed by atoms with Crippen molar-refractivity contribution in [2.24, 2.45) is 50.2 Å². The maximum atomic E-state index is 12.8. The molecule has 0 saturated heterocycles. The van der Waals surface area contributed by atoms with E-state index in [9.17, 15) is 30.3 Å². The normalized spacial score (nSPS) is 55.9. The summed E-state index contributed by atoms with van der Waals surface area (Å²) in [5.74, 6) is -0.842. The first-order valence-corrected chi connectivity index (χ1v) is 14.1. The molecule has 0 bridgehead atoms. The van der Waals surface area contributed by atoms with Gasteiger partial charge in [-0.15, -0.1) is 0 Å². The van der Waals surface area contributed by atoms with Crippen molar-refractivity contribution in [1.29, 1.82) is 0 Å². The van der Waals surface area contributed by atoms with E-state index in [0.29, 0.717) is 19.3 Å². The Morgan fingerprint density at radius 2 is 1.56 bits per heavy atom. The third kappa shape index (κ3) is 3.08. The number of hydrogen-bond donors (Lipinski definition) is 5. The molecule has 0 radical (unpaired) electrons. The Labute approximate surface area is 216 Å². The number of carbonyl (C=O) groups is 1. The van der Waals surface area contributed by atoms with E-state index in [1.807, 2.05) is 6.92 Å². The Kier molecular flexibility index (Phi) is 5.77. The van der Waals surface area contributed by atoms with Crippen LogP contribution in [0.15, 0.2) is 11.6 Å². The van der Waals surface area contributed by atoms with E-state index in [-0.39, 0.29) is 40.6 Å². The van der Waals surface area contributed by atoms with E-state index >= 15 is 0 Å². The molecule has 0 heterocycles. The van der Waals surface area contributed by atoms with Gasteiger partial charge in [-0.1, -0.05) is 53.2 Å². The van der Waals surface area contributed by atoms with Crippen molar-refractivity contribution in [1.82, 2.24) is 0 Å². The second-order valence-electron chi connectivity index (χ2n) is 15.2. The monoisotopic (exact) mass is 504 g/mol. The molecule has 0 aromatic rings. The lowest BCUT2D eigenvalue weighted by Crippen LogP contribution is -2.71. The Balaban J connectivity index is 1.64. The molecule has 0 aliphatic heterocycles. The number of hydrogen-bond acceptors (Lipinski definition) is 5. The van der Waals surface area contributed by atoms with E-state index in [1.165, 1.54) is 5.57 Å². The van der Waals surface area contributed by atoms with Crippen LogP contribution >= 0.6 is 0 Å². The molecular weight excluding hydrogens is 456 g/mol. The minimum absolute atomic E-state index is 0.000534. The van der Waals surface area contributed by atoms with E-state index in [1.54, 1.807) is 0 Å². The molecule has 5 aliphatic carbocycles. The van der Waals surface area contributed by atoms with E-state index in [2.05, 4.69) is 40.7 Å². The molecule has 204 valence electrons. The molecular formula is C30H48O6. The van der Waals surface area contributed by atoms with Gasteiger partial charge in [-0.2, -0.15) is 0 Å². The molecule has 0 amide bonds. The molecule has 5 aliphatic rings. The average molecular weight is 505 g/mol. The SMILES string of the molecule is CC1(C)CC[C@@]2(C(=O)O)CC[C@@]3(C)C(=CCC4[C@]5(C)C[C@H](O)[C@@H](O)[C@](C)(CO)C5[C@@H](O)C[C@@]43C)[C@H]2C1. The fraction of sp³-hybridized carbons (Fsp3) is 0.900. The maximum absolute atomic E-state index is 12.8. The van der Waals surface area contributed by atoms with Crippen molar-refractivity contribution in [3.05, 3.63) is 11.6 Å². The summed E-state index contributed by atoms with van der Waals surface area (Å²) in [6.45, 7) is 12.8. The fourth-order valence-electron chi connectivity index (χ4n) is 10.9. The highest BCUT2D eigenvalue weighted by molar-refractivity contribution is 5.76. The summed E-state index contributed by atoms with van der Waals surface area (Å²) < 4.78 is 0. The number of aliphatic carboxylic acids is 1. The van der Waals surface area contributed by atoms with Gasteiger partial charge in [0.15, 0.2) is 0 Å². The molecule has 6 heteroatoms. The van der Waals surface area contributed by atoms with E-state index in [0.717, 1.165) is 32.1 Å². The van der Waals surface area contributed by atoms with Gasteiger partial charge < -0.3 is 25.5 Å². The fourth-order valence-corrected chi connectivity index (χ4v) is 10.9. The number of aliphatic hydroxyl groups is 4. The van der Waals surface area contributed by atoms with Crippen LogP contribution in [0, 0.1) is 50.2 Å². The Morgan fingerprint density at radius 3 is 2.17 bits per heavy atom. The predicted octanol–water partition coefficient (Wildman–Crippen LogP) is 4.15. The molecule has 4 fully saturated rings. The molecule has 11 atom stereocenters. The lowest BCUT2D eigenvalue weighted by Gasteiger charge is -2.72.